The van der Waals surface area contributed by atoms with Crippen molar-refractivity contribution in [1.82, 2.24) is 4.98 Å². The SMILES string of the molecule is O=C(COc1ccccc1)N(C[C@@H]1CCCO1)c1nc(-c2ccc(F)cc2)cs1. The molecule has 4 rings (SSSR count). The van der Waals surface area contributed by atoms with Crippen molar-refractivity contribution in [2.45, 2.75) is 18.9 Å². The normalized spacial score (nSPS) is 16.0. The number of hydrogen-bond donors (Lipinski definition) is 0. The minimum absolute atomic E-state index is 0.00570. The molecule has 3 aromatic rings. The molecule has 1 amide bonds. The summed E-state index contributed by atoms with van der Waals surface area (Å²) < 4.78 is 24.6. The molecule has 150 valence electrons. The summed E-state index contributed by atoms with van der Waals surface area (Å²) in [7, 11) is 0. The molecule has 1 aliphatic rings. The standard InChI is InChI=1S/C22H21FN2O3S/c23-17-10-8-16(9-11-17)20-15-29-22(24-20)25(13-19-7-4-12-27-19)21(26)14-28-18-5-2-1-3-6-18/h1-3,5-6,8-11,15,19H,4,7,12-14H2/t19-/m0/s1. The lowest BCUT2D eigenvalue weighted by Crippen LogP contribution is -2.40. The van der Waals surface area contributed by atoms with Crippen molar-refractivity contribution in [3.05, 3.63) is 65.8 Å². The van der Waals surface area contributed by atoms with Crippen molar-refractivity contribution >= 4 is 22.4 Å². The Morgan fingerprint density at radius 1 is 1.21 bits per heavy atom. The molecule has 5 nitrogen and oxygen atoms in total. The van der Waals surface area contributed by atoms with Crippen LogP contribution < -0.4 is 9.64 Å². The molecule has 0 spiro atoms. The highest BCUT2D eigenvalue weighted by Gasteiger charge is 2.26. The van der Waals surface area contributed by atoms with Crippen LogP contribution in [-0.2, 0) is 9.53 Å². The summed E-state index contributed by atoms with van der Waals surface area (Å²) in [6.07, 6.45) is 1.90. The molecule has 0 saturated carbocycles. The largest absolute Gasteiger partial charge is 0.484 e. The zero-order valence-electron chi connectivity index (χ0n) is 15.8. The van der Waals surface area contributed by atoms with Crippen LogP contribution in [0.25, 0.3) is 11.3 Å². The topological polar surface area (TPSA) is 51.7 Å². The van der Waals surface area contributed by atoms with Gasteiger partial charge in [0.1, 0.15) is 11.6 Å². The number of amides is 1. The van der Waals surface area contributed by atoms with Crippen LogP contribution in [-0.4, -0.2) is 36.8 Å². The number of halogens is 1. The third kappa shape index (κ3) is 4.99. The van der Waals surface area contributed by atoms with E-state index in [1.165, 1.54) is 23.5 Å². The number of aromatic nitrogens is 1. The van der Waals surface area contributed by atoms with Crippen LogP contribution in [0.3, 0.4) is 0 Å². The van der Waals surface area contributed by atoms with Gasteiger partial charge in [-0.2, -0.15) is 0 Å². The number of ether oxygens (including phenoxy) is 2. The molecular weight excluding hydrogens is 391 g/mol. The van der Waals surface area contributed by atoms with Gasteiger partial charge < -0.3 is 9.47 Å². The Labute approximate surface area is 172 Å². The van der Waals surface area contributed by atoms with Crippen molar-refractivity contribution in [2.24, 2.45) is 0 Å². The summed E-state index contributed by atoms with van der Waals surface area (Å²) in [5.41, 5.74) is 1.51. The van der Waals surface area contributed by atoms with E-state index in [0.29, 0.717) is 29.7 Å². The fraction of sp³-hybridized carbons (Fsp3) is 0.273. The number of carbonyl (C=O) groups is 1. The Morgan fingerprint density at radius 3 is 2.72 bits per heavy atom. The Kier molecular flexibility index (Phi) is 6.17. The fourth-order valence-electron chi connectivity index (χ4n) is 3.16. The number of thiazole rings is 1. The molecule has 1 fully saturated rings. The monoisotopic (exact) mass is 412 g/mol. The van der Waals surface area contributed by atoms with Crippen LogP contribution >= 0.6 is 11.3 Å². The lowest BCUT2D eigenvalue weighted by molar-refractivity contribution is -0.120. The quantitative estimate of drug-likeness (QED) is 0.572. The molecule has 0 aliphatic carbocycles. The summed E-state index contributed by atoms with van der Waals surface area (Å²) in [6, 6.07) is 15.4. The maximum absolute atomic E-state index is 13.2. The average Bonchev–Trinajstić information content (AvgIpc) is 3.44. The van der Waals surface area contributed by atoms with E-state index < -0.39 is 0 Å². The molecule has 7 heteroatoms. The molecule has 29 heavy (non-hydrogen) atoms. The number of carbonyl (C=O) groups excluding carboxylic acids is 1. The molecule has 1 atom stereocenters. The van der Waals surface area contributed by atoms with Crippen LogP contribution in [0, 0.1) is 5.82 Å². The molecule has 2 aromatic carbocycles. The summed E-state index contributed by atoms with van der Waals surface area (Å²) >= 11 is 1.38. The molecule has 1 aliphatic heterocycles. The van der Waals surface area contributed by atoms with Gasteiger partial charge in [0, 0.05) is 17.6 Å². The van der Waals surface area contributed by atoms with Gasteiger partial charge in [-0.25, -0.2) is 9.37 Å². The van der Waals surface area contributed by atoms with Gasteiger partial charge in [-0.15, -0.1) is 11.3 Å². The predicted octanol–water partition coefficient (Wildman–Crippen LogP) is 4.54. The van der Waals surface area contributed by atoms with E-state index in [2.05, 4.69) is 4.98 Å². The van der Waals surface area contributed by atoms with E-state index in [0.717, 1.165) is 18.4 Å². The Bertz CT molecular complexity index is 940. The molecule has 0 unspecified atom stereocenters. The van der Waals surface area contributed by atoms with Crippen LogP contribution in [0.2, 0.25) is 0 Å². The van der Waals surface area contributed by atoms with Crippen LogP contribution in [0.4, 0.5) is 9.52 Å². The Hall–Kier alpha value is -2.77. The van der Waals surface area contributed by atoms with Crippen molar-refractivity contribution in [3.63, 3.8) is 0 Å². The summed E-state index contributed by atoms with van der Waals surface area (Å²) in [5, 5.41) is 2.46. The van der Waals surface area contributed by atoms with E-state index in [9.17, 15) is 9.18 Å². The van der Waals surface area contributed by atoms with Crippen molar-refractivity contribution < 1.29 is 18.7 Å². The number of nitrogens with zero attached hydrogens (tertiary/aromatic N) is 2. The molecule has 0 radical (unpaired) electrons. The van der Waals surface area contributed by atoms with E-state index in [4.69, 9.17) is 9.47 Å². The van der Waals surface area contributed by atoms with Crippen LogP contribution in [0.5, 0.6) is 5.75 Å². The highest BCUT2D eigenvalue weighted by molar-refractivity contribution is 7.14. The molecule has 1 saturated heterocycles. The van der Waals surface area contributed by atoms with E-state index in [-0.39, 0.29) is 24.4 Å². The second-order valence-corrected chi connectivity index (χ2v) is 7.60. The second kappa shape index (κ2) is 9.15. The first-order chi connectivity index (χ1) is 14.2. The molecule has 1 aromatic heterocycles. The van der Waals surface area contributed by atoms with Gasteiger partial charge in [-0.05, 0) is 49.2 Å². The zero-order chi connectivity index (χ0) is 20.1. The Balaban J connectivity index is 1.51. The summed E-state index contributed by atoms with van der Waals surface area (Å²) in [4.78, 5) is 19.2. The highest BCUT2D eigenvalue weighted by atomic mass is 32.1. The van der Waals surface area contributed by atoms with Gasteiger partial charge in [0.25, 0.3) is 5.91 Å². The lowest BCUT2D eigenvalue weighted by Gasteiger charge is -2.23. The highest BCUT2D eigenvalue weighted by Crippen LogP contribution is 2.29. The van der Waals surface area contributed by atoms with Gasteiger partial charge in [-0.1, -0.05) is 18.2 Å². The molecule has 0 bridgehead atoms. The lowest BCUT2D eigenvalue weighted by atomic mass is 10.2. The smallest absolute Gasteiger partial charge is 0.266 e. The van der Waals surface area contributed by atoms with E-state index in [1.54, 1.807) is 17.0 Å². The van der Waals surface area contributed by atoms with Crippen LogP contribution in [0.15, 0.2) is 60.0 Å². The summed E-state index contributed by atoms with van der Waals surface area (Å²) in [6.45, 7) is 1.07. The number of benzene rings is 2. The van der Waals surface area contributed by atoms with Crippen LogP contribution in [0.1, 0.15) is 12.8 Å². The predicted molar refractivity (Wildman–Crippen MR) is 111 cm³/mol. The van der Waals surface area contributed by atoms with Gasteiger partial charge in [0.15, 0.2) is 11.7 Å². The number of anilines is 1. The minimum atomic E-state index is -0.294. The summed E-state index contributed by atoms with van der Waals surface area (Å²) in [5.74, 6) is 0.172. The molecular formula is C22H21FN2O3S. The number of rotatable bonds is 7. The first-order valence-corrected chi connectivity index (χ1v) is 10.4. The van der Waals surface area contributed by atoms with E-state index >= 15 is 0 Å². The zero-order valence-corrected chi connectivity index (χ0v) is 16.6. The Morgan fingerprint density at radius 2 is 2.00 bits per heavy atom. The minimum Gasteiger partial charge on any atom is -0.484 e. The maximum Gasteiger partial charge on any atom is 0.266 e. The van der Waals surface area contributed by atoms with Gasteiger partial charge in [0.2, 0.25) is 0 Å². The van der Waals surface area contributed by atoms with Crippen molar-refractivity contribution in [3.8, 4) is 17.0 Å². The van der Waals surface area contributed by atoms with Crippen molar-refractivity contribution in [2.75, 3.05) is 24.7 Å². The van der Waals surface area contributed by atoms with Gasteiger partial charge in [-0.3, -0.25) is 9.69 Å². The van der Waals surface area contributed by atoms with Gasteiger partial charge >= 0.3 is 0 Å². The van der Waals surface area contributed by atoms with Crippen molar-refractivity contribution in [1.29, 1.82) is 0 Å². The number of hydrogen-bond acceptors (Lipinski definition) is 5. The first kappa shape index (κ1) is 19.5. The average molecular weight is 412 g/mol. The molecule has 0 N–H and O–H groups in total. The maximum atomic E-state index is 13.2. The molecule has 2 heterocycles. The fourth-order valence-corrected chi connectivity index (χ4v) is 4.02. The third-order valence-electron chi connectivity index (χ3n) is 4.68. The first-order valence-electron chi connectivity index (χ1n) is 9.50. The third-order valence-corrected chi connectivity index (χ3v) is 5.54. The number of para-hydroxylation sites is 1. The van der Waals surface area contributed by atoms with E-state index in [1.807, 2.05) is 35.7 Å². The second-order valence-electron chi connectivity index (χ2n) is 6.76. The van der Waals surface area contributed by atoms with Gasteiger partial charge in [0.05, 0.1) is 18.3 Å².